The van der Waals surface area contributed by atoms with E-state index in [0.717, 1.165) is 35.4 Å². The Hall–Kier alpha value is -3.08. The number of nitrogens with one attached hydrogen (secondary N) is 1. The zero-order valence-corrected chi connectivity index (χ0v) is 14.9. The number of carbonyl (C=O) groups is 1. The number of aromatic amines is 1. The van der Waals surface area contributed by atoms with E-state index in [1.807, 2.05) is 30.3 Å². The van der Waals surface area contributed by atoms with E-state index in [1.165, 1.54) is 0 Å². The van der Waals surface area contributed by atoms with Crippen molar-refractivity contribution < 1.29 is 9.90 Å². The second-order valence-electron chi connectivity index (χ2n) is 7.39. The van der Waals surface area contributed by atoms with E-state index >= 15 is 0 Å². The standard InChI is InChI=1S/C22H21N3O2/c26-20-8-4-7-16-17(14-5-2-1-3-6-14)12-25(21(16)20)22(27)15-9-10-18-19(11-15)24-13-23-18/h1-8,13,15,17,26H,9-12H2,(H,23,24). The molecular formula is C22H21N3O2. The summed E-state index contributed by atoms with van der Waals surface area (Å²) in [5, 5.41) is 10.5. The molecule has 2 aromatic carbocycles. The number of hydrogen-bond acceptors (Lipinski definition) is 3. The van der Waals surface area contributed by atoms with Crippen LogP contribution in [0, 0.1) is 5.92 Å². The normalized spacial score (nSPS) is 21.0. The first-order valence-electron chi connectivity index (χ1n) is 9.41. The SMILES string of the molecule is O=C(C1CCc2[nH]cnc2C1)N1CC(c2ccccc2)c2cccc(O)c21. The van der Waals surface area contributed by atoms with Crippen LogP contribution in [0.1, 0.15) is 34.9 Å². The maximum absolute atomic E-state index is 13.4. The lowest BCUT2D eigenvalue weighted by atomic mass is 9.88. The zero-order valence-electron chi connectivity index (χ0n) is 14.9. The van der Waals surface area contributed by atoms with Crippen molar-refractivity contribution in [3.05, 3.63) is 77.4 Å². The van der Waals surface area contributed by atoms with Gasteiger partial charge in [0.05, 0.1) is 17.7 Å². The molecule has 0 spiro atoms. The Balaban J connectivity index is 1.49. The third-order valence-corrected chi connectivity index (χ3v) is 5.86. The fourth-order valence-electron chi connectivity index (χ4n) is 4.49. The smallest absolute Gasteiger partial charge is 0.230 e. The number of aryl methyl sites for hydroxylation is 1. The van der Waals surface area contributed by atoms with Crippen LogP contribution in [0.2, 0.25) is 0 Å². The summed E-state index contributed by atoms with van der Waals surface area (Å²) in [4.78, 5) is 22.7. The van der Waals surface area contributed by atoms with Crippen LogP contribution in [0.25, 0.3) is 0 Å². The molecular weight excluding hydrogens is 338 g/mol. The monoisotopic (exact) mass is 359 g/mol. The van der Waals surface area contributed by atoms with Gasteiger partial charge in [-0.25, -0.2) is 4.98 Å². The molecule has 2 atom stereocenters. The van der Waals surface area contributed by atoms with Crippen LogP contribution in [0.15, 0.2) is 54.9 Å². The van der Waals surface area contributed by atoms with Gasteiger partial charge in [0.2, 0.25) is 5.91 Å². The van der Waals surface area contributed by atoms with Gasteiger partial charge in [0, 0.05) is 30.5 Å². The highest BCUT2D eigenvalue weighted by Crippen LogP contribution is 2.46. The second kappa shape index (κ2) is 6.27. The fourth-order valence-corrected chi connectivity index (χ4v) is 4.49. The molecule has 27 heavy (non-hydrogen) atoms. The molecule has 0 fully saturated rings. The van der Waals surface area contributed by atoms with Gasteiger partial charge in [0.15, 0.2) is 0 Å². The Kier molecular flexibility index (Phi) is 3.74. The van der Waals surface area contributed by atoms with Gasteiger partial charge in [-0.2, -0.15) is 0 Å². The van der Waals surface area contributed by atoms with Crippen LogP contribution < -0.4 is 4.90 Å². The number of aromatic hydroxyl groups is 1. The molecule has 5 nitrogen and oxygen atoms in total. The van der Waals surface area contributed by atoms with Gasteiger partial charge in [-0.15, -0.1) is 0 Å². The van der Waals surface area contributed by atoms with Crippen molar-refractivity contribution in [1.29, 1.82) is 0 Å². The molecule has 2 aliphatic rings. The molecule has 0 saturated carbocycles. The number of phenols is 1. The van der Waals surface area contributed by atoms with Gasteiger partial charge < -0.3 is 15.0 Å². The third kappa shape index (κ3) is 2.62. The average molecular weight is 359 g/mol. The van der Waals surface area contributed by atoms with Gasteiger partial charge in [-0.05, 0) is 30.0 Å². The molecule has 1 aliphatic heterocycles. The zero-order chi connectivity index (χ0) is 18.4. The molecule has 2 heterocycles. The number of para-hydroxylation sites is 1. The summed E-state index contributed by atoms with van der Waals surface area (Å²) >= 11 is 0. The van der Waals surface area contributed by atoms with E-state index < -0.39 is 0 Å². The Morgan fingerprint density at radius 2 is 2.00 bits per heavy atom. The van der Waals surface area contributed by atoms with Gasteiger partial charge in [0.25, 0.3) is 0 Å². The number of rotatable bonds is 2. The minimum atomic E-state index is -0.0946. The van der Waals surface area contributed by atoms with Crippen LogP contribution >= 0.6 is 0 Å². The topological polar surface area (TPSA) is 69.2 Å². The third-order valence-electron chi connectivity index (χ3n) is 5.86. The molecule has 3 aromatic rings. The van der Waals surface area contributed by atoms with Crippen molar-refractivity contribution >= 4 is 11.6 Å². The molecule has 2 unspecified atom stereocenters. The van der Waals surface area contributed by atoms with Gasteiger partial charge in [-0.1, -0.05) is 42.5 Å². The highest BCUT2D eigenvalue weighted by atomic mass is 16.3. The molecule has 0 bridgehead atoms. The van der Waals surface area contributed by atoms with Crippen molar-refractivity contribution in [3.63, 3.8) is 0 Å². The molecule has 2 N–H and O–H groups in total. The number of imidazole rings is 1. The number of amides is 1. The van der Waals surface area contributed by atoms with E-state index in [4.69, 9.17) is 0 Å². The van der Waals surface area contributed by atoms with Crippen molar-refractivity contribution in [2.24, 2.45) is 5.92 Å². The lowest BCUT2D eigenvalue weighted by Crippen LogP contribution is -2.38. The van der Waals surface area contributed by atoms with Gasteiger partial charge in [-0.3, -0.25) is 4.79 Å². The van der Waals surface area contributed by atoms with E-state index in [1.54, 1.807) is 17.3 Å². The lowest BCUT2D eigenvalue weighted by Gasteiger charge is -2.27. The predicted octanol–water partition coefficient (Wildman–Crippen LogP) is 3.40. The summed E-state index contributed by atoms with van der Waals surface area (Å²) in [7, 11) is 0. The average Bonchev–Trinajstić information content (AvgIpc) is 3.33. The summed E-state index contributed by atoms with van der Waals surface area (Å²) < 4.78 is 0. The number of nitrogens with zero attached hydrogens (tertiary/aromatic N) is 2. The Morgan fingerprint density at radius 1 is 1.15 bits per heavy atom. The first-order chi connectivity index (χ1) is 13.2. The van der Waals surface area contributed by atoms with Gasteiger partial charge >= 0.3 is 0 Å². The molecule has 0 radical (unpaired) electrons. The molecule has 136 valence electrons. The minimum Gasteiger partial charge on any atom is -0.506 e. The number of aromatic nitrogens is 2. The largest absolute Gasteiger partial charge is 0.506 e. The number of carbonyl (C=O) groups excluding carboxylic acids is 1. The number of H-pyrrole nitrogens is 1. The first kappa shape index (κ1) is 16.1. The maximum Gasteiger partial charge on any atom is 0.230 e. The van der Waals surface area contributed by atoms with Crippen LogP contribution in [0.3, 0.4) is 0 Å². The predicted molar refractivity (Wildman–Crippen MR) is 103 cm³/mol. The fraction of sp³-hybridized carbons (Fsp3) is 0.273. The number of anilines is 1. The first-order valence-corrected chi connectivity index (χ1v) is 9.41. The van der Waals surface area contributed by atoms with Crippen molar-refractivity contribution in [3.8, 4) is 5.75 Å². The minimum absolute atomic E-state index is 0.0850. The lowest BCUT2D eigenvalue weighted by molar-refractivity contribution is -0.122. The quantitative estimate of drug-likeness (QED) is 0.737. The van der Waals surface area contributed by atoms with E-state index in [-0.39, 0.29) is 23.5 Å². The number of phenolic OH excluding ortho intramolecular Hbond substituents is 1. The van der Waals surface area contributed by atoms with Gasteiger partial charge in [0.1, 0.15) is 5.75 Å². The highest BCUT2D eigenvalue weighted by Gasteiger charge is 2.39. The molecule has 1 aromatic heterocycles. The number of benzene rings is 2. The van der Waals surface area contributed by atoms with Crippen molar-refractivity contribution in [2.45, 2.75) is 25.2 Å². The van der Waals surface area contributed by atoms with E-state index in [2.05, 4.69) is 22.1 Å². The summed E-state index contributed by atoms with van der Waals surface area (Å²) in [5.74, 6) is 0.255. The summed E-state index contributed by atoms with van der Waals surface area (Å²) in [6.07, 6.45) is 4.02. The highest BCUT2D eigenvalue weighted by molar-refractivity contribution is 5.99. The molecule has 5 heteroatoms. The molecule has 1 aliphatic carbocycles. The maximum atomic E-state index is 13.4. The molecule has 5 rings (SSSR count). The van der Waals surface area contributed by atoms with Crippen LogP contribution in [-0.4, -0.2) is 27.5 Å². The van der Waals surface area contributed by atoms with Crippen LogP contribution in [0.5, 0.6) is 5.75 Å². The summed E-state index contributed by atoms with van der Waals surface area (Å²) in [6.45, 7) is 0.569. The summed E-state index contributed by atoms with van der Waals surface area (Å²) in [6, 6.07) is 15.7. The Morgan fingerprint density at radius 3 is 2.85 bits per heavy atom. The molecule has 1 amide bonds. The van der Waals surface area contributed by atoms with E-state index in [9.17, 15) is 9.90 Å². The molecule has 0 saturated heterocycles. The van der Waals surface area contributed by atoms with Crippen molar-refractivity contribution in [2.75, 3.05) is 11.4 Å². The van der Waals surface area contributed by atoms with Crippen LogP contribution in [0.4, 0.5) is 5.69 Å². The number of hydrogen-bond donors (Lipinski definition) is 2. The van der Waals surface area contributed by atoms with Crippen molar-refractivity contribution in [1.82, 2.24) is 9.97 Å². The number of fused-ring (bicyclic) bond motifs is 2. The Labute approximate surface area is 157 Å². The second-order valence-corrected chi connectivity index (χ2v) is 7.39. The van der Waals surface area contributed by atoms with Crippen LogP contribution in [-0.2, 0) is 17.6 Å². The Bertz CT molecular complexity index is 996. The van der Waals surface area contributed by atoms with E-state index in [0.29, 0.717) is 18.7 Å². The summed E-state index contributed by atoms with van der Waals surface area (Å²) in [5.41, 5.74) is 5.00.